The van der Waals surface area contributed by atoms with E-state index in [-0.39, 0.29) is 5.91 Å². The van der Waals surface area contributed by atoms with E-state index >= 15 is 0 Å². The zero-order chi connectivity index (χ0) is 20.2. The summed E-state index contributed by atoms with van der Waals surface area (Å²) in [5, 5.41) is 2.96. The van der Waals surface area contributed by atoms with E-state index in [0.29, 0.717) is 12.1 Å². The number of hydrogen-bond donors (Lipinski definition) is 2. The molecule has 2 aromatic carbocycles. The van der Waals surface area contributed by atoms with Crippen molar-refractivity contribution in [1.29, 1.82) is 0 Å². The number of aromatic nitrogens is 2. The van der Waals surface area contributed by atoms with Gasteiger partial charge in [-0.1, -0.05) is 24.3 Å². The molecule has 0 radical (unpaired) electrons. The lowest BCUT2D eigenvalue weighted by Crippen LogP contribution is -2.24. The highest BCUT2D eigenvalue weighted by atomic mass is 16.1. The van der Waals surface area contributed by atoms with Gasteiger partial charge < -0.3 is 16.0 Å². The fourth-order valence-electron chi connectivity index (χ4n) is 3.57. The van der Waals surface area contributed by atoms with Crippen LogP contribution in [0.4, 0.5) is 11.5 Å². The Morgan fingerprint density at radius 1 is 1.00 bits per heavy atom. The van der Waals surface area contributed by atoms with Gasteiger partial charge in [-0.3, -0.25) is 4.79 Å². The second-order valence-electron chi connectivity index (χ2n) is 7.34. The van der Waals surface area contributed by atoms with Gasteiger partial charge in [0, 0.05) is 30.4 Å². The van der Waals surface area contributed by atoms with E-state index in [4.69, 9.17) is 5.73 Å². The molecule has 1 aliphatic rings. The molecule has 0 bridgehead atoms. The largest absolute Gasteiger partial charge is 0.399 e. The molecule has 6 nitrogen and oxygen atoms in total. The summed E-state index contributed by atoms with van der Waals surface area (Å²) in [7, 11) is 0. The van der Waals surface area contributed by atoms with Gasteiger partial charge >= 0.3 is 0 Å². The third-order valence-electron chi connectivity index (χ3n) is 5.13. The summed E-state index contributed by atoms with van der Waals surface area (Å²) in [4.78, 5) is 23.8. The average molecular weight is 387 g/mol. The molecular formula is C23H25N5O. The van der Waals surface area contributed by atoms with Crippen LogP contribution in [0.5, 0.6) is 0 Å². The molecule has 1 aromatic heterocycles. The normalized spacial score (nSPS) is 13.5. The van der Waals surface area contributed by atoms with Crippen LogP contribution in [0.25, 0.3) is 11.1 Å². The van der Waals surface area contributed by atoms with Gasteiger partial charge in [-0.25, -0.2) is 9.97 Å². The van der Waals surface area contributed by atoms with Gasteiger partial charge in [0.25, 0.3) is 5.91 Å². The van der Waals surface area contributed by atoms with Crippen LogP contribution in [0.3, 0.4) is 0 Å². The molecule has 0 spiro atoms. The maximum Gasteiger partial charge on any atom is 0.251 e. The first kappa shape index (κ1) is 18.9. The van der Waals surface area contributed by atoms with Crippen LogP contribution >= 0.6 is 0 Å². The predicted molar refractivity (Wildman–Crippen MR) is 116 cm³/mol. The molecule has 1 fully saturated rings. The molecule has 6 heteroatoms. The van der Waals surface area contributed by atoms with E-state index in [0.717, 1.165) is 47.2 Å². The number of nitrogens with one attached hydrogen (secondary N) is 1. The van der Waals surface area contributed by atoms with Gasteiger partial charge in [0.1, 0.15) is 11.6 Å². The number of rotatable bonds is 5. The highest BCUT2D eigenvalue weighted by molar-refractivity contribution is 5.94. The minimum atomic E-state index is -0.118. The van der Waals surface area contributed by atoms with Gasteiger partial charge in [0.15, 0.2) is 0 Å². The summed E-state index contributed by atoms with van der Waals surface area (Å²) in [6.07, 6.45) is 2.39. The summed E-state index contributed by atoms with van der Waals surface area (Å²) in [6, 6.07) is 17.2. The number of nitrogens with zero attached hydrogens (tertiary/aromatic N) is 3. The first-order chi connectivity index (χ1) is 14.1. The Hall–Kier alpha value is -3.41. The topological polar surface area (TPSA) is 84.1 Å². The van der Waals surface area contributed by atoms with Crippen molar-refractivity contribution in [2.75, 3.05) is 23.7 Å². The number of carbonyl (C=O) groups is 1. The Morgan fingerprint density at radius 2 is 1.62 bits per heavy atom. The highest BCUT2D eigenvalue weighted by Gasteiger charge is 2.15. The first-order valence-corrected chi connectivity index (χ1v) is 9.92. The number of amides is 1. The lowest BCUT2D eigenvalue weighted by Gasteiger charge is -2.17. The Kier molecular flexibility index (Phi) is 5.42. The molecule has 0 saturated carbocycles. The second kappa shape index (κ2) is 8.31. The van der Waals surface area contributed by atoms with Crippen LogP contribution in [0.1, 0.15) is 34.7 Å². The quantitative estimate of drug-likeness (QED) is 0.654. The van der Waals surface area contributed by atoms with E-state index in [1.165, 1.54) is 12.8 Å². The Bertz CT molecular complexity index is 993. The standard InChI is InChI=1S/C23H25N5O/c1-16-26-21(14-22(27-16)28-12-2-3-13-28)15-25-23(29)19-6-4-17(5-7-19)18-8-10-20(24)11-9-18/h4-11,14H,2-3,12-13,15,24H2,1H3,(H,25,29). The summed E-state index contributed by atoms with van der Waals surface area (Å²) >= 11 is 0. The Balaban J connectivity index is 1.41. The van der Waals surface area contributed by atoms with Crippen molar-refractivity contribution < 1.29 is 4.79 Å². The van der Waals surface area contributed by atoms with Crippen LogP contribution in [-0.4, -0.2) is 29.0 Å². The molecule has 1 aliphatic heterocycles. The highest BCUT2D eigenvalue weighted by Crippen LogP contribution is 2.21. The number of aryl methyl sites for hydroxylation is 1. The third kappa shape index (κ3) is 4.54. The minimum absolute atomic E-state index is 0.118. The van der Waals surface area contributed by atoms with Crippen molar-refractivity contribution >= 4 is 17.4 Å². The van der Waals surface area contributed by atoms with E-state index in [2.05, 4.69) is 20.2 Å². The zero-order valence-corrected chi connectivity index (χ0v) is 16.6. The molecule has 2 heterocycles. The van der Waals surface area contributed by atoms with Crippen molar-refractivity contribution in [2.45, 2.75) is 26.3 Å². The molecule has 3 aromatic rings. The SMILES string of the molecule is Cc1nc(CNC(=O)c2ccc(-c3ccc(N)cc3)cc2)cc(N2CCCC2)n1. The molecule has 0 aliphatic carbocycles. The van der Waals surface area contributed by atoms with Crippen molar-refractivity contribution in [1.82, 2.24) is 15.3 Å². The average Bonchev–Trinajstić information content (AvgIpc) is 3.27. The zero-order valence-electron chi connectivity index (χ0n) is 16.6. The maximum absolute atomic E-state index is 12.6. The van der Waals surface area contributed by atoms with Crippen LogP contribution in [-0.2, 0) is 6.54 Å². The number of nitrogens with two attached hydrogens (primary N) is 1. The lowest BCUT2D eigenvalue weighted by molar-refractivity contribution is 0.0950. The van der Waals surface area contributed by atoms with Crippen molar-refractivity contribution in [2.24, 2.45) is 0 Å². The number of hydrogen-bond acceptors (Lipinski definition) is 5. The Labute approximate surface area is 170 Å². The summed E-state index contributed by atoms with van der Waals surface area (Å²) < 4.78 is 0. The molecule has 0 unspecified atom stereocenters. The van der Waals surface area contributed by atoms with E-state index in [9.17, 15) is 4.79 Å². The van der Waals surface area contributed by atoms with E-state index < -0.39 is 0 Å². The van der Waals surface area contributed by atoms with Crippen LogP contribution in [0.2, 0.25) is 0 Å². The van der Waals surface area contributed by atoms with Crippen LogP contribution < -0.4 is 16.0 Å². The van der Waals surface area contributed by atoms with Crippen LogP contribution in [0.15, 0.2) is 54.6 Å². The fraction of sp³-hybridized carbons (Fsp3) is 0.261. The monoisotopic (exact) mass is 387 g/mol. The predicted octanol–water partition coefficient (Wildman–Crippen LogP) is 3.56. The number of carbonyl (C=O) groups excluding carboxylic acids is 1. The molecule has 3 N–H and O–H groups in total. The molecular weight excluding hydrogens is 362 g/mol. The minimum Gasteiger partial charge on any atom is -0.399 e. The summed E-state index contributed by atoms with van der Waals surface area (Å²) in [5.74, 6) is 1.56. The van der Waals surface area contributed by atoms with Crippen molar-refractivity contribution in [3.8, 4) is 11.1 Å². The van der Waals surface area contributed by atoms with E-state index in [1.54, 1.807) is 0 Å². The summed E-state index contributed by atoms with van der Waals surface area (Å²) in [6.45, 7) is 4.33. The molecule has 29 heavy (non-hydrogen) atoms. The van der Waals surface area contributed by atoms with Crippen LogP contribution in [0, 0.1) is 6.92 Å². The maximum atomic E-state index is 12.6. The van der Waals surface area contributed by atoms with Gasteiger partial charge in [0.2, 0.25) is 0 Å². The third-order valence-corrected chi connectivity index (χ3v) is 5.13. The smallest absolute Gasteiger partial charge is 0.251 e. The van der Waals surface area contributed by atoms with Gasteiger partial charge in [-0.05, 0) is 55.2 Å². The fourth-order valence-corrected chi connectivity index (χ4v) is 3.57. The molecule has 4 rings (SSSR count). The first-order valence-electron chi connectivity index (χ1n) is 9.92. The molecule has 148 valence electrons. The van der Waals surface area contributed by atoms with Gasteiger partial charge in [-0.2, -0.15) is 0 Å². The Morgan fingerprint density at radius 3 is 2.28 bits per heavy atom. The molecule has 1 saturated heterocycles. The second-order valence-corrected chi connectivity index (χ2v) is 7.34. The number of nitrogen functional groups attached to an aromatic ring is 1. The lowest BCUT2D eigenvalue weighted by atomic mass is 10.0. The number of benzene rings is 2. The van der Waals surface area contributed by atoms with Crippen molar-refractivity contribution in [3.05, 3.63) is 71.7 Å². The number of anilines is 2. The van der Waals surface area contributed by atoms with Gasteiger partial charge in [-0.15, -0.1) is 0 Å². The van der Waals surface area contributed by atoms with Crippen molar-refractivity contribution in [3.63, 3.8) is 0 Å². The van der Waals surface area contributed by atoms with Gasteiger partial charge in [0.05, 0.1) is 12.2 Å². The molecule has 0 atom stereocenters. The summed E-state index contributed by atoms with van der Waals surface area (Å²) in [5.41, 5.74) is 10.0. The van der Waals surface area contributed by atoms with E-state index in [1.807, 2.05) is 61.5 Å². The molecule has 1 amide bonds.